The Bertz CT molecular complexity index is 957. The normalized spacial score (nSPS) is 15.8. The molecule has 0 saturated heterocycles. The van der Waals surface area contributed by atoms with Crippen LogP contribution in [0.25, 0.3) is 0 Å². The number of hydrogen-bond donors (Lipinski definition) is 1. The molecule has 1 atom stereocenters. The van der Waals surface area contributed by atoms with Crippen molar-refractivity contribution < 1.29 is 22.1 Å². The Morgan fingerprint density at radius 1 is 1.42 bits per heavy atom. The number of aromatic nitrogens is 2. The van der Waals surface area contributed by atoms with Crippen molar-refractivity contribution in [2.24, 2.45) is 5.92 Å². The van der Waals surface area contributed by atoms with Crippen LogP contribution in [-0.2, 0) is 16.6 Å². The number of nitrogens with zero attached hydrogens (tertiary/aromatic N) is 3. The minimum Gasteiger partial charge on any atom is -0.358 e. The second-order valence-corrected chi connectivity index (χ2v) is 7.71. The smallest absolute Gasteiger partial charge is 0.358 e. The van der Waals surface area contributed by atoms with E-state index in [1.54, 1.807) is 6.92 Å². The van der Waals surface area contributed by atoms with Crippen molar-refractivity contribution in [2.45, 2.75) is 37.2 Å². The molecule has 3 rings (SSSR count). The molecule has 8 nitrogen and oxygen atoms in total. The second kappa shape index (κ2) is 6.72. The minimum atomic E-state index is -4.34. The zero-order chi connectivity index (χ0) is 19.1. The number of benzene rings is 1. The lowest BCUT2D eigenvalue weighted by Crippen LogP contribution is -2.31. The van der Waals surface area contributed by atoms with Gasteiger partial charge in [-0.25, -0.2) is 21.9 Å². The van der Waals surface area contributed by atoms with Gasteiger partial charge in [-0.05, 0) is 36.7 Å². The van der Waals surface area contributed by atoms with Crippen molar-refractivity contribution in [1.29, 1.82) is 0 Å². The van der Waals surface area contributed by atoms with Gasteiger partial charge in [0.2, 0.25) is 4.90 Å². The molecule has 1 saturated carbocycles. The highest BCUT2D eigenvalue weighted by Gasteiger charge is 2.39. The van der Waals surface area contributed by atoms with Crippen molar-refractivity contribution >= 4 is 15.8 Å². The lowest BCUT2D eigenvalue weighted by atomic mass is 10.0. The van der Waals surface area contributed by atoms with Gasteiger partial charge in [0.1, 0.15) is 11.6 Å². The van der Waals surface area contributed by atoms with E-state index < -0.39 is 43.3 Å². The Balaban J connectivity index is 1.99. The van der Waals surface area contributed by atoms with Crippen LogP contribution in [0.3, 0.4) is 0 Å². The van der Waals surface area contributed by atoms with E-state index in [2.05, 4.69) is 9.82 Å². The molecule has 11 heteroatoms. The van der Waals surface area contributed by atoms with Gasteiger partial charge in [0.25, 0.3) is 10.0 Å². The van der Waals surface area contributed by atoms with E-state index in [9.17, 15) is 27.3 Å². The van der Waals surface area contributed by atoms with Gasteiger partial charge in [0.15, 0.2) is 0 Å². The highest BCUT2D eigenvalue weighted by atomic mass is 32.2. The van der Waals surface area contributed by atoms with Crippen molar-refractivity contribution in [3.05, 3.63) is 51.7 Å². The SMILES string of the molecule is CCn1cc(S(=O)(=O)NC(c2ccc(F)cc2F)C2CC2)c([N+](=O)[O-])n1. The fourth-order valence-electron chi connectivity index (χ4n) is 2.70. The highest BCUT2D eigenvalue weighted by molar-refractivity contribution is 7.89. The van der Waals surface area contributed by atoms with E-state index in [4.69, 9.17) is 0 Å². The summed E-state index contributed by atoms with van der Waals surface area (Å²) in [7, 11) is -4.34. The van der Waals surface area contributed by atoms with Crippen LogP contribution in [0.1, 0.15) is 31.4 Å². The molecule has 140 valence electrons. The molecule has 1 unspecified atom stereocenters. The van der Waals surface area contributed by atoms with Crippen LogP contribution in [0.5, 0.6) is 0 Å². The fourth-order valence-corrected chi connectivity index (χ4v) is 4.10. The molecule has 0 bridgehead atoms. The van der Waals surface area contributed by atoms with Crippen LogP contribution < -0.4 is 4.72 Å². The van der Waals surface area contributed by atoms with Crippen molar-refractivity contribution in [3.63, 3.8) is 0 Å². The summed E-state index contributed by atoms with van der Waals surface area (Å²) in [6.07, 6.45) is 2.39. The average Bonchev–Trinajstić information content (AvgIpc) is 3.30. The van der Waals surface area contributed by atoms with Gasteiger partial charge < -0.3 is 10.1 Å². The number of rotatable bonds is 7. The lowest BCUT2D eigenvalue weighted by molar-refractivity contribution is -0.392. The molecular weight excluding hydrogens is 370 g/mol. The van der Waals surface area contributed by atoms with E-state index in [1.165, 1.54) is 6.07 Å². The zero-order valence-corrected chi connectivity index (χ0v) is 14.5. The third kappa shape index (κ3) is 3.58. The molecule has 1 aromatic carbocycles. The molecule has 0 aliphatic heterocycles. The van der Waals surface area contributed by atoms with Gasteiger partial charge in [-0.1, -0.05) is 6.07 Å². The van der Waals surface area contributed by atoms with Gasteiger partial charge >= 0.3 is 5.82 Å². The first-order chi connectivity index (χ1) is 12.2. The maximum absolute atomic E-state index is 14.1. The first-order valence-electron chi connectivity index (χ1n) is 7.92. The van der Waals surface area contributed by atoms with Crippen molar-refractivity contribution in [2.75, 3.05) is 0 Å². The summed E-state index contributed by atoms with van der Waals surface area (Å²) in [6.45, 7) is 1.90. The Hall–Kier alpha value is -2.40. The van der Waals surface area contributed by atoms with Crippen LogP contribution in [0.15, 0.2) is 29.3 Å². The van der Waals surface area contributed by atoms with Gasteiger partial charge in [-0.3, -0.25) is 0 Å². The standard InChI is InChI=1S/C15H16F2N4O4S/c1-2-20-8-13(15(18-20)21(22)23)26(24,25)19-14(9-3-4-9)11-6-5-10(16)7-12(11)17/h5-9,14,19H,2-4H2,1H3. The van der Waals surface area contributed by atoms with Gasteiger partial charge in [-0.2, -0.15) is 4.68 Å². The van der Waals surface area contributed by atoms with Crippen LogP contribution in [0.4, 0.5) is 14.6 Å². The molecule has 0 amide bonds. The fraction of sp³-hybridized carbons (Fsp3) is 0.400. The predicted molar refractivity (Wildman–Crippen MR) is 86.7 cm³/mol. The molecule has 1 aliphatic carbocycles. The Morgan fingerprint density at radius 3 is 2.65 bits per heavy atom. The molecular formula is C15H16F2N4O4S. The van der Waals surface area contributed by atoms with E-state index in [-0.39, 0.29) is 18.0 Å². The first kappa shape index (κ1) is 18.4. The summed E-state index contributed by atoms with van der Waals surface area (Å²) >= 11 is 0. The van der Waals surface area contributed by atoms with E-state index >= 15 is 0 Å². The number of hydrogen-bond acceptors (Lipinski definition) is 5. The van der Waals surface area contributed by atoms with Crippen LogP contribution in [-0.4, -0.2) is 23.1 Å². The monoisotopic (exact) mass is 386 g/mol. The van der Waals surface area contributed by atoms with Crippen LogP contribution in [0, 0.1) is 27.7 Å². The summed E-state index contributed by atoms with van der Waals surface area (Å²) in [6, 6.07) is 1.96. The summed E-state index contributed by atoms with van der Waals surface area (Å²) in [5.41, 5.74) is 0.00279. The van der Waals surface area contributed by atoms with Crippen molar-refractivity contribution in [1.82, 2.24) is 14.5 Å². The molecule has 1 fully saturated rings. The van der Waals surface area contributed by atoms with Gasteiger partial charge in [0, 0.05) is 11.6 Å². The molecule has 2 aromatic rings. The first-order valence-corrected chi connectivity index (χ1v) is 9.40. The third-order valence-electron chi connectivity index (χ3n) is 4.17. The molecule has 0 spiro atoms. The zero-order valence-electron chi connectivity index (χ0n) is 13.7. The van der Waals surface area contributed by atoms with Crippen LogP contribution in [0.2, 0.25) is 0 Å². The number of aryl methyl sites for hydroxylation is 1. The average molecular weight is 386 g/mol. The molecule has 1 aliphatic rings. The summed E-state index contributed by atoms with van der Waals surface area (Å²) < 4.78 is 56.2. The Morgan fingerprint density at radius 2 is 2.12 bits per heavy atom. The molecule has 26 heavy (non-hydrogen) atoms. The number of nitro groups is 1. The summed E-state index contributed by atoms with van der Waals surface area (Å²) in [4.78, 5) is 9.66. The Kier molecular flexibility index (Phi) is 4.76. The number of sulfonamides is 1. The van der Waals surface area contributed by atoms with Gasteiger partial charge in [0.05, 0.1) is 23.9 Å². The predicted octanol–water partition coefficient (Wildman–Crippen LogP) is 2.52. The topological polar surface area (TPSA) is 107 Å². The maximum Gasteiger partial charge on any atom is 0.410 e. The quantitative estimate of drug-likeness (QED) is 0.581. The third-order valence-corrected chi connectivity index (χ3v) is 5.60. The number of halogens is 2. The highest BCUT2D eigenvalue weighted by Crippen LogP contribution is 2.42. The van der Waals surface area contributed by atoms with E-state index in [0.29, 0.717) is 18.9 Å². The summed E-state index contributed by atoms with van der Waals surface area (Å²) in [5.74, 6) is -2.61. The lowest BCUT2D eigenvalue weighted by Gasteiger charge is -2.18. The second-order valence-electron chi connectivity index (χ2n) is 6.03. The molecule has 1 heterocycles. The largest absolute Gasteiger partial charge is 0.410 e. The van der Waals surface area contributed by atoms with Gasteiger partial charge in [-0.15, -0.1) is 0 Å². The maximum atomic E-state index is 14.1. The van der Waals surface area contributed by atoms with Crippen molar-refractivity contribution in [3.8, 4) is 0 Å². The molecule has 1 aromatic heterocycles. The summed E-state index contributed by atoms with van der Waals surface area (Å²) in [5, 5.41) is 14.8. The molecule has 1 N–H and O–H groups in total. The number of nitrogens with one attached hydrogen (secondary N) is 1. The van der Waals surface area contributed by atoms with E-state index in [0.717, 1.165) is 16.9 Å². The van der Waals surface area contributed by atoms with E-state index in [1.807, 2.05) is 0 Å². The van der Waals surface area contributed by atoms with Crippen LogP contribution >= 0.6 is 0 Å². The Labute approximate surface area is 148 Å². The molecule has 0 radical (unpaired) electrons. The minimum absolute atomic E-state index is 0.00279.